The molecule has 3 N–H and O–H groups in total. The van der Waals surface area contributed by atoms with E-state index in [0.29, 0.717) is 0 Å². The average Bonchev–Trinajstić information content (AvgIpc) is 2.22. The number of rotatable bonds is 5. The minimum absolute atomic E-state index is 0. The molecule has 0 radical (unpaired) electrons. The summed E-state index contributed by atoms with van der Waals surface area (Å²) in [5.41, 5.74) is 5.71. The number of carbonyl (C=O) groups is 1. The summed E-state index contributed by atoms with van der Waals surface area (Å²) >= 11 is 0. The van der Waals surface area contributed by atoms with Crippen LogP contribution < -0.4 is 11.1 Å². The van der Waals surface area contributed by atoms with Gasteiger partial charge < -0.3 is 11.1 Å². The van der Waals surface area contributed by atoms with E-state index in [4.69, 9.17) is 5.73 Å². The van der Waals surface area contributed by atoms with Crippen molar-refractivity contribution in [3.05, 3.63) is 35.4 Å². The molecule has 0 aromatic heterocycles. The molecular formula is C12H17ClF2N2O. The van der Waals surface area contributed by atoms with Gasteiger partial charge in [0.15, 0.2) is 0 Å². The maximum atomic E-state index is 13.2. The van der Waals surface area contributed by atoms with Gasteiger partial charge in [-0.1, -0.05) is 0 Å². The van der Waals surface area contributed by atoms with E-state index in [0.717, 1.165) is 18.2 Å². The van der Waals surface area contributed by atoms with Gasteiger partial charge in [-0.05, 0) is 37.1 Å². The van der Waals surface area contributed by atoms with Gasteiger partial charge in [0.25, 0.3) is 0 Å². The number of nitrogens with two attached hydrogens (primary N) is 1. The van der Waals surface area contributed by atoms with Crippen molar-refractivity contribution in [1.29, 1.82) is 0 Å². The third-order valence-corrected chi connectivity index (χ3v) is 2.23. The Kier molecular flexibility index (Phi) is 7.47. The highest BCUT2D eigenvalue weighted by Gasteiger charge is 2.06. The molecule has 1 amide bonds. The van der Waals surface area contributed by atoms with Gasteiger partial charge in [-0.3, -0.25) is 4.79 Å². The number of hydrogen-bond acceptors (Lipinski definition) is 2. The minimum Gasteiger partial charge on any atom is -0.356 e. The quantitative estimate of drug-likeness (QED) is 0.863. The van der Waals surface area contributed by atoms with E-state index in [9.17, 15) is 13.6 Å². The standard InChI is InChI=1S/C12H16F2N2O.ClH/c1-8(15)6-12(17)16-5-4-9-7-10(13)2-3-11(9)14;/h2-3,7-8H,4-6,15H2,1H3,(H,16,17);1H. The van der Waals surface area contributed by atoms with E-state index < -0.39 is 11.6 Å². The molecule has 0 aliphatic rings. The van der Waals surface area contributed by atoms with Crippen LogP contribution in [0.1, 0.15) is 18.9 Å². The smallest absolute Gasteiger partial charge is 0.221 e. The first kappa shape index (κ1) is 16.8. The number of hydrogen-bond donors (Lipinski definition) is 2. The first-order valence-corrected chi connectivity index (χ1v) is 5.45. The Morgan fingerprint density at radius 1 is 1.44 bits per heavy atom. The lowest BCUT2D eigenvalue weighted by atomic mass is 10.1. The number of amides is 1. The van der Waals surface area contributed by atoms with Crippen LogP contribution in [0.2, 0.25) is 0 Å². The van der Waals surface area contributed by atoms with Crippen molar-refractivity contribution in [2.24, 2.45) is 5.73 Å². The maximum Gasteiger partial charge on any atom is 0.221 e. The van der Waals surface area contributed by atoms with Crippen LogP contribution in [0.5, 0.6) is 0 Å². The highest BCUT2D eigenvalue weighted by molar-refractivity contribution is 5.85. The van der Waals surface area contributed by atoms with E-state index in [1.54, 1.807) is 6.92 Å². The van der Waals surface area contributed by atoms with Crippen LogP contribution in [0.3, 0.4) is 0 Å². The Labute approximate surface area is 111 Å². The lowest BCUT2D eigenvalue weighted by Crippen LogP contribution is -2.31. The molecule has 1 atom stereocenters. The van der Waals surface area contributed by atoms with Crippen LogP contribution in [-0.2, 0) is 11.2 Å². The summed E-state index contributed by atoms with van der Waals surface area (Å²) in [5.74, 6) is -1.13. The second-order valence-electron chi connectivity index (χ2n) is 4.02. The van der Waals surface area contributed by atoms with Crippen molar-refractivity contribution in [2.45, 2.75) is 25.8 Å². The van der Waals surface area contributed by atoms with Gasteiger partial charge in [0.1, 0.15) is 11.6 Å². The third kappa shape index (κ3) is 5.93. The summed E-state index contributed by atoms with van der Waals surface area (Å²) in [5, 5.41) is 2.60. The molecule has 0 saturated carbocycles. The number of carbonyl (C=O) groups excluding carboxylic acids is 1. The number of nitrogens with one attached hydrogen (secondary N) is 1. The third-order valence-electron chi connectivity index (χ3n) is 2.23. The molecule has 102 valence electrons. The summed E-state index contributed by atoms with van der Waals surface area (Å²) in [6.45, 7) is 2.00. The van der Waals surface area contributed by atoms with E-state index >= 15 is 0 Å². The Morgan fingerprint density at radius 2 is 2.11 bits per heavy atom. The fraction of sp³-hybridized carbons (Fsp3) is 0.417. The zero-order valence-corrected chi connectivity index (χ0v) is 10.9. The van der Waals surface area contributed by atoms with Crippen molar-refractivity contribution in [1.82, 2.24) is 5.32 Å². The molecule has 18 heavy (non-hydrogen) atoms. The molecule has 0 heterocycles. The zero-order valence-electron chi connectivity index (χ0n) is 10.1. The lowest BCUT2D eigenvalue weighted by Gasteiger charge is -2.07. The van der Waals surface area contributed by atoms with Crippen LogP contribution in [-0.4, -0.2) is 18.5 Å². The van der Waals surface area contributed by atoms with Gasteiger partial charge in [-0.2, -0.15) is 0 Å². The minimum atomic E-state index is -0.483. The molecule has 0 aliphatic heterocycles. The van der Waals surface area contributed by atoms with Gasteiger partial charge in [0, 0.05) is 19.0 Å². The topological polar surface area (TPSA) is 55.1 Å². The molecule has 1 rings (SSSR count). The van der Waals surface area contributed by atoms with Crippen LogP contribution in [0.4, 0.5) is 8.78 Å². The van der Waals surface area contributed by atoms with Crippen molar-refractivity contribution >= 4 is 18.3 Å². The Balaban J connectivity index is 0.00000289. The maximum absolute atomic E-state index is 13.2. The molecule has 0 aliphatic carbocycles. The summed E-state index contributed by atoms with van der Waals surface area (Å²) in [7, 11) is 0. The second-order valence-corrected chi connectivity index (χ2v) is 4.02. The number of halogens is 3. The first-order chi connectivity index (χ1) is 7.99. The molecule has 3 nitrogen and oxygen atoms in total. The van der Waals surface area contributed by atoms with Crippen LogP contribution in [0.25, 0.3) is 0 Å². The molecule has 1 unspecified atom stereocenters. The average molecular weight is 279 g/mol. The van der Waals surface area contributed by atoms with Crippen molar-refractivity contribution in [3.8, 4) is 0 Å². The summed E-state index contributed by atoms with van der Waals surface area (Å²) in [6.07, 6.45) is 0.486. The van der Waals surface area contributed by atoms with E-state index in [-0.39, 0.29) is 49.3 Å². The summed E-state index contributed by atoms with van der Waals surface area (Å²) in [6, 6.07) is 3.07. The summed E-state index contributed by atoms with van der Waals surface area (Å²) in [4.78, 5) is 11.2. The predicted octanol–water partition coefficient (Wildman–Crippen LogP) is 1.78. The molecule has 1 aromatic rings. The molecule has 0 bridgehead atoms. The van der Waals surface area contributed by atoms with Crippen molar-refractivity contribution < 1.29 is 13.6 Å². The Bertz CT molecular complexity index is 400. The summed E-state index contributed by atoms with van der Waals surface area (Å²) < 4.78 is 26.0. The van der Waals surface area contributed by atoms with Gasteiger partial charge in [0.2, 0.25) is 5.91 Å². The highest BCUT2D eigenvalue weighted by Crippen LogP contribution is 2.09. The zero-order chi connectivity index (χ0) is 12.8. The van der Waals surface area contributed by atoms with Crippen LogP contribution in [0.15, 0.2) is 18.2 Å². The van der Waals surface area contributed by atoms with Crippen LogP contribution >= 0.6 is 12.4 Å². The lowest BCUT2D eigenvalue weighted by molar-refractivity contribution is -0.121. The fourth-order valence-electron chi connectivity index (χ4n) is 1.44. The molecular weight excluding hydrogens is 262 g/mol. The van der Waals surface area contributed by atoms with Gasteiger partial charge in [-0.15, -0.1) is 12.4 Å². The molecule has 0 spiro atoms. The normalized spacial score (nSPS) is 11.6. The van der Waals surface area contributed by atoms with Crippen LogP contribution in [0, 0.1) is 11.6 Å². The SMILES string of the molecule is CC(N)CC(=O)NCCc1cc(F)ccc1F.Cl. The Hall–Kier alpha value is -1.20. The molecule has 0 fully saturated rings. The van der Waals surface area contributed by atoms with E-state index in [2.05, 4.69) is 5.32 Å². The second kappa shape index (κ2) is 8.00. The van der Waals surface area contributed by atoms with Crippen molar-refractivity contribution in [2.75, 3.05) is 6.54 Å². The largest absolute Gasteiger partial charge is 0.356 e. The monoisotopic (exact) mass is 278 g/mol. The van der Waals surface area contributed by atoms with E-state index in [1.165, 1.54) is 0 Å². The molecule has 0 saturated heterocycles. The molecule has 6 heteroatoms. The fourth-order valence-corrected chi connectivity index (χ4v) is 1.44. The Morgan fingerprint density at radius 3 is 2.72 bits per heavy atom. The highest BCUT2D eigenvalue weighted by atomic mass is 35.5. The van der Waals surface area contributed by atoms with Gasteiger partial charge in [0.05, 0.1) is 0 Å². The van der Waals surface area contributed by atoms with Gasteiger partial charge in [-0.25, -0.2) is 8.78 Å². The van der Waals surface area contributed by atoms with Crippen molar-refractivity contribution in [3.63, 3.8) is 0 Å². The molecule has 1 aromatic carbocycles. The number of benzene rings is 1. The van der Waals surface area contributed by atoms with Gasteiger partial charge >= 0.3 is 0 Å². The van der Waals surface area contributed by atoms with E-state index in [1.807, 2.05) is 0 Å². The first-order valence-electron chi connectivity index (χ1n) is 5.45. The predicted molar refractivity (Wildman–Crippen MR) is 68.6 cm³/mol.